The summed E-state index contributed by atoms with van der Waals surface area (Å²) in [6, 6.07) is -0.623. The van der Waals surface area contributed by atoms with Gasteiger partial charge in [0.25, 0.3) is 0 Å². The molecule has 0 saturated heterocycles. The topological polar surface area (TPSA) is 94.4 Å². The minimum atomic E-state index is -0.623. The van der Waals surface area contributed by atoms with E-state index in [1.807, 2.05) is 0 Å². The molecule has 1 saturated carbocycles. The lowest BCUT2D eigenvalue weighted by molar-refractivity contribution is -0.0609. The number of aromatic nitrogens is 2. The Balaban J connectivity index is 2.20. The van der Waals surface area contributed by atoms with E-state index in [1.165, 1.54) is 0 Å². The molecular weight excluding hydrogens is 234 g/mol. The number of methoxy groups -OCH3 is 1. The van der Waals surface area contributed by atoms with Gasteiger partial charge in [-0.05, 0) is 31.6 Å². The summed E-state index contributed by atoms with van der Waals surface area (Å²) >= 11 is 0. The normalized spacial score (nSPS) is 30.3. The fraction of sp³-hybridized carbons (Fsp3) is 0.833. The van der Waals surface area contributed by atoms with Crippen molar-refractivity contribution in [1.82, 2.24) is 10.1 Å². The molecule has 0 radical (unpaired) electrons. The quantitative estimate of drug-likeness (QED) is 0.837. The number of hydrogen-bond donors (Lipinski definition) is 2. The van der Waals surface area contributed by atoms with Crippen LogP contribution in [0.5, 0.6) is 0 Å². The molecule has 0 amide bonds. The predicted molar refractivity (Wildman–Crippen MR) is 64.6 cm³/mol. The lowest BCUT2D eigenvalue weighted by Gasteiger charge is -2.35. The van der Waals surface area contributed by atoms with Crippen LogP contribution < -0.4 is 5.73 Å². The summed E-state index contributed by atoms with van der Waals surface area (Å²) in [5.74, 6) is 1.53. The Kier molecular flexibility index (Phi) is 3.99. The summed E-state index contributed by atoms with van der Waals surface area (Å²) < 4.78 is 10.7. The van der Waals surface area contributed by atoms with Crippen LogP contribution in [0.3, 0.4) is 0 Å². The van der Waals surface area contributed by atoms with E-state index in [0.29, 0.717) is 11.7 Å². The number of hydrogen-bond acceptors (Lipinski definition) is 6. The highest BCUT2D eigenvalue weighted by Crippen LogP contribution is 2.40. The van der Waals surface area contributed by atoms with Gasteiger partial charge in [0.2, 0.25) is 11.7 Å². The van der Waals surface area contributed by atoms with Gasteiger partial charge in [-0.3, -0.25) is 0 Å². The summed E-state index contributed by atoms with van der Waals surface area (Å²) in [7, 11) is 1.68. The molecule has 1 aliphatic carbocycles. The summed E-state index contributed by atoms with van der Waals surface area (Å²) in [5, 5.41) is 13.0. The van der Waals surface area contributed by atoms with Gasteiger partial charge in [-0.25, -0.2) is 0 Å². The van der Waals surface area contributed by atoms with E-state index in [-0.39, 0.29) is 12.5 Å². The van der Waals surface area contributed by atoms with Crippen LogP contribution in [0.15, 0.2) is 4.52 Å². The summed E-state index contributed by atoms with van der Waals surface area (Å²) in [6.45, 7) is 2.03. The molecule has 6 heteroatoms. The van der Waals surface area contributed by atoms with Crippen LogP contribution in [0.25, 0.3) is 0 Å². The molecule has 18 heavy (non-hydrogen) atoms. The van der Waals surface area contributed by atoms with E-state index in [4.69, 9.17) is 20.1 Å². The van der Waals surface area contributed by atoms with Crippen molar-refractivity contribution in [1.29, 1.82) is 0 Å². The second-order valence-corrected chi connectivity index (χ2v) is 5.13. The van der Waals surface area contributed by atoms with Gasteiger partial charge >= 0.3 is 0 Å². The van der Waals surface area contributed by atoms with Gasteiger partial charge in [0.1, 0.15) is 11.6 Å². The van der Waals surface area contributed by atoms with E-state index in [0.717, 1.165) is 25.7 Å². The maximum atomic E-state index is 8.98. The molecule has 1 aromatic heterocycles. The van der Waals surface area contributed by atoms with Crippen molar-refractivity contribution in [3.63, 3.8) is 0 Å². The molecular formula is C12H21N3O3. The van der Waals surface area contributed by atoms with Crippen LogP contribution in [0.1, 0.15) is 50.4 Å². The zero-order valence-corrected chi connectivity index (χ0v) is 10.9. The van der Waals surface area contributed by atoms with Gasteiger partial charge in [0.05, 0.1) is 6.61 Å². The largest absolute Gasteiger partial charge is 0.394 e. The number of aliphatic hydroxyl groups is 1. The third kappa shape index (κ3) is 2.41. The van der Waals surface area contributed by atoms with Gasteiger partial charge in [0.15, 0.2) is 0 Å². The first-order valence-corrected chi connectivity index (χ1v) is 6.37. The maximum absolute atomic E-state index is 8.98. The van der Waals surface area contributed by atoms with E-state index in [2.05, 4.69) is 17.1 Å². The van der Waals surface area contributed by atoms with E-state index in [9.17, 15) is 0 Å². The zero-order chi connectivity index (χ0) is 13.2. The molecule has 1 heterocycles. The molecule has 6 nitrogen and oxygen atoms in total. The Morgan fingerprint density at radius 1 is 1.56 bits per heavy atom. The van der Waals surface area contributed by atoms with E-state index < -0.39 is 11.6 Å². The molecule has 0 unspecified atom stereocenters. The molecule has 1 aliphatic rings. The van der Waals surface area contributed by atoms with Gasteiger partial charge in [-0.2, -0.15) is 4.98 Å². The average molecular weight is 255 g/mol. The monoisotopic (exact) mass is 255 g/mol. The van der Waals surface area contributed by atoms with Crippen molar-refractivity contribution in [2.24, 2.45) is 11.7 Å². The highest BCUT2D eigenvalue weighted by molar-refractivity contribution is 5.05. The van der Waals surface area contributed by atoms with Crippen LogP contribution in [-0.4, -0.2) is 29.0 Å². The Morgan fingerprint density at radius 2 is 2.22 bits per heavy atom. The molecule has 1 atom stereocenters. The van der Waals surface area contributed by atoms with Gasteiger partial charge in [-0.15, -0.1) is 0 Å². The Bertz CT molecular complexity index is 386. The molecule has 1 fully saturated rings. The summed E-state index contributed by atoms with van der Waals surface area (Å²) in [6.07, 6.45) is 3.95. The molecule has 0 aliphatic heterocycles. The number of aliphatic hydroxyl groups excluding tert-OH is 1. The third-order valence-electron chi connectivity index (χ3n) is 3.84. The van der Waals surface area contributed by atoms with Gasteiger partial charge in [0, 0.05) is 7.11 Å². The fourth-order valence-electron chi connectivity index (χ4n) is 2.40. The molecule has 3 N–H and O–H groups in total. The summed E-state index contributed by atoms with van der Waals surface area (Å²) in [4.78, 5) is 4.28. The standard InChI is InChI=1S/C12H21N3O3/c1-8-3-5-12(17-2,6-4-8)11-14-10(18-15-11)9(13)7-16/h8-9,16H,3-7,13H2,1-2H3/t8?,9-,12?/m1/s1. The second-order valence-electron chi connectivity index (χ2n) is 5.13. The SMILES string of the molecule is COC1(c2noc([C@H](N)CO)n2)CCC(C)CC1. The first-order valence-electron chi connectivity index (χ1n) is 6.37. The zero-order valence-electron chi connectivity index (χ0n) is 10.9. The number of nitrogens with zero attached hydrogens (tertiary/aromatic N) is 2. The number of nitrogens with two attached hydrogens (primary N) is 1. The van der Waals surface area contributed by atoms with E-state index in [1.54, 1.807) is 7.11 Å². The Morgan fingerprint density at radius 3 is 2.78 bits per heavy atom. The van der Waals surface area contributed by atoms with Crippen LogP contribution in [-0.2, 0) is 10.3 Å². The van der Waals surface area contributed by atoms with Crippen molar-refractivity contribution in [2.75, 3.05) is 13.7 Å². The highest BCUT2D eigenvalue weighted by atomic mass is 16.5. The Labute approximate surface area is 107 Å². The van der Waals surface area contributed by atoms with Crippen LogP contribution in [0.2, 0.25) is 0 Å². The molecule has 102 valence electrons. The molecule has 0 aromatic carbocycles. The smallest absolute Gasteiger partial charge is 0.246 e. The minimum absolute atomic E-state index is 0.210. The van der Waals surface area contributed by atoms with Crippen LogP contribution in [0.4, 0.5) is 0 Å². The third-order valence-corrected chi connectivity index (χ3v) is 3.84. The van der Waals surface area contributed by atoms with Crippen molar-refractivity contribution >= 4 is 0 Å². The number of rotatable bonds is 4. The molecule has 2 rings (SSSR count). The maximum Gasteiger partial charge on any atom is 0.246 e. The first-order chi connectivity index (χ1) is 8.61. The van der Waals surface area contributed by atoms with Gasteiger partial charge in [-0.1, -0.05) is 12.1 Å². The lowest BCUT2D eigenvalue weighted by Crippen LogP contribution is -2.34. The van der Waals surface area contributed by atoms with Crippen molar-refractivity contribution in [3.05, 3.63) is 11.7 Å². The van der Waals surface area contributed by atoms with Gasteiger partial charge < -0.3 is 20.1 Å². The van der Waals surface area contributed by atoms with Crippen LogP contribution >= 0.6 is 0 Å². The van der Waals surface area contributed by atoms with E-state index >= 15 is 0 Å². The highest BCUT2D eigenvalue weighted by Gasteiger charge is 2.40. The van der Waals surface area contributed by atoms with Crippen molar-refractivity contribution in [3.8, 4) is 0 Å². The summed E-state index contributed by atoms with van der Waals surface area (Å²) in [5.41, 5.74) is 5.20. The second kappa shape index (κ2) is 5.34. The van der Waals surface area contributed by atoms with Crippen LogP contribution in [0, 0.1) is 5.92 Å². The van der Waals surface area contributed by atoms with Crippen molar-refractivity contribution < 1.29 is 14.4 Å². The Hall–Kier alpha value is -0.980. The molecule has 0 bridgehead atoms. The molecule has 1 aromatic rings. The first kappa shape index (κ1) is 13.5. The lowest BCUT2D eigenvalue weighted by atomic mass is 9.79. The predicted octanol–water partition coefficient (Wildman–Crippen LogP) is 1.11. The molecule has 0 spiro atoms. The van der Waals surface area contributed by atoms with Crippen molar-refractivity contribution in [2.45, 2.75) is 44.2 Å². The minimum Gasteiger partial charge on any atom is -0.394 e. The number of ether oxygens (including phenoxy) is 1. The fourth-order valence-corrected chi connectivity index (χ4v) is 2.40. The average Bonchev–Trinajstić information content (AvgIpc) is 2.89.